The van der Waals surface area contributed by atoms with Crippen LogP contribution in [0.2, 0.25) is 0 Å². The SMILES string of the molecule is CCc1nn(C)c(CNCCn2cccn2)c1Br. The minimum Gasteiger partial charge on any atom is -0.309 e. The molecule has 0 radical (unpaired) electrons. The van der Waals surface area contributed by atoms with Crippen LogP contribution in [-0.2, 0) is 26.6 Å². The Kier molecular flexibility index (Phi) is 4.54. The van der Waals surface area contributed by atoms with Gasteiger partial charge in [0.15, 0.2) is 0 Å². The lowest BCUT2D eigenvalue weighted by Crippen LogP contribution is -2.21. The van der Waals surface area contributed by atoms with Crippen LogP contribution in [0.3, 0.4) is 0 Å². The third-order valence-corrected chi connectivity index (χ3v) is 3.79. The Bertz CT molecular complexity index is 489. The van der Waals surface area contributed by atoms with E-state index >= 15 is 0 Å². The Morgan fingerprint density at radius 3 is 2.89 bits per heavy atom. The summed E-state index contributed by atoms with van der Waals surface area (Å²) in [5, 5.41) is 12.0. The summed E-state index contributed by atoms with van der Waals surface area (Å²) in [5.41, 5.74) is 2.30. The van der Waals surface area contributed by atoms with Gasteiger partial charge in [-0.05, 0) is 28.4 Å². The summed E-state index contributed by atoms with van der Waals surface area (Å²) in [7, 11) is 1.98. The first-order valence-electron chi connectivity index (χ1n) is 6.10. The maximum atomic E-state index is 4.47. The summed E-state index contributed by atoms with van der Waals surface area (Å²) in [6.07, 6.45) is 4.71. The number of hydrogen-bond acceptors (Lipinski definition) is 3. The van der Waals surface area contributed by atoms with Crippen LogP contribution >= 0.6 is 15.9 Å². The average Bonchev–Trinajstić information content (AvgIpc) is 2.96. The van der Waals surface area contributed by atoms with E-state index in [9.17, 15) is 0 Å². The molecule has 2 rings (SSSR count). The van der Waals surface area contributed by atoms with Crippen molar-refractivity contribution in [3.05, 3.63) is 34.3 Å². The van der Waals surface area contributed by atoms with E-state index in [2.05, 4.69) is 38.4 Å². The number of aryl methyl sites for hydroxylation is 2. The van der Waals surface area contributed by atoms with Crippen molar-refractivity contribution in [2.45, 2.75) is 26.4 Å². The van der Waals surface area contributed by atoms with E-state index in [1.54, 1.807) is 6.20 Å². The van der Waals surface area contributed by atoms with Crippen LogP contribution in [0.4, 0.5) is 0 Å². The Morgan fingerprint density at radius 1 is 1.44 bits per heavy atom. The van der Waals surface area contributed by atoms with E-state index in [0.29, 0.717) is 0 Å². The molecule has 2 aromatic heterocycles. The van der Waals surface area contributed by atoms with Gasteiger partial charge in [0.05, 0.1) is 22.4 Å². The molecule has 0 aliphatic rings. The van der Waals surface area contributed by atoms with E-state index in [0.717, 1.165) is 36.2 Å². The molecule has 0 fully saturated rings. The van der Waals surface area contributed by atoms with Gasteiger partial charge in [-0.1, -0.05) is 6.92 Å². The van der Waals surface area contributed by atoms with E-state index in [-0.39, 0.29) is 0 Å². The fraction of sp³-hybridized carbons (Fsp3) is 0.500. The molecule has 6 heteroatoms. The van der Waals surface area contributed by atoms with Crippen molar-refractivity contribution in [1.82, 2.24) is 24.9 Å². The molecule has 2 heterocycles. The van der Waals surface area contributed by atoms with Gasteiger partial charge in [-0.3, -0.25) is 9.36 Å². The summed E-state index contributed by atoms with van der Waals surface area (Å²) < 4.78 is 4.98. The van der Waals surface area contributed by atoms with Gasteiger partial charge >= 0.3 is 0 Å². The Labute approximate surface area is 115 Å². The second kappa shape index (κ2) is 6.15. The smallest absolute Gasteiger partial charge is 0.0767 e. The fourth-order valence-corrected chi connectivity index (χ4v) is 2.60. The molecule has 0 amide bonds. The number of hydrogen-bond donors (Lipinski definition) is 1. The van der Waals surface area contributed by atoms with Crippen LogP contribution in [0.1, 0.15) is 18.3 Å². The lowest BCUT2D eigenvalue weighted by Gasteiger charge is -2.06. The van der Waals surface area contributed by atoms with Gasteiger partial charge in [-0.25, -0.2) is 0 Å². The van der Waals surface area contributed by atoms with Crippen LogP contribution in [0.25, 0.3) is 0 Å². The van der Waals surface area contributed by atoms with Crippen LogP contribution in [0.5, 0.6) is 0 Å². The van der Waals surface area contributed by atoms with Crippen LogP contribution in [0, 0.1) is 0 Å². The highest BCUT2D eigenvalue weighted by molar-refractivity contribution is 9.10. The Hall–Kier alpha value is -1.14. The largest absolute Gasteiger partial charge is 0.309 e. The summed E-state index contributed by atoms with van der Waals surface area (Å²) in [6, 6.07) is 1.94. The number of aromatic nitrogens is 4. The van der Waals surface area contributed by atoms with Crippen molar-refractivity contribution in [2.75, 3.05) is 6.54 Å². The Balaban J connectivity index is 1.85. The molecule has 2 aromatic rings. The van der Waals surface area contributed by atoms with E-state index in [4.69, 9.17) is 0 Å². The third kappa shape index (κ3) is 3.00. The minimum atomic E-state index is 0.811. The maximum Gasteiger partial charge on any atom is 0.0767 e. The van der Waals surface area contributed by atoms with Gasteiger partial charge in [0.1, 0.15) is 0 Å². The highest BCUT2D eigenvalue weighted by atomic mass is 79.9. The van der Waals surface area contributed by atoms with Crippen LogP contribution in [-0.4, -0.2) is 26.1 Å². The van der Waals surface area contributed by atoms with Crippen molar-refractivity contribution < 1.29 is 0 Å². The summed E-state index contributed by atoms with van der Waals surface area (Å²) in [5.74, 6) is 0. The molecule has 0 saturated carbocycles. The predicted octanol–water partition coefficient (Wildman–Crippen LogP) is 1.73. The van der Waals surface area contributed by atoms with Gasteiger partial charge in [-0.15, -0.1) is 0 Å². The summed E-state index contributed by atoms with van der Waals surface area (Å²) >= 11 is 3.61. The molecule has 0 unspecified atom stereocenters. The number of halogens is 1. The second-order valence-electron chi connectivity index (χ2n) is 4.13. The molecular formula is C12H18BrN5. The first-order chi connectivity index (χ1) is 8.72. The van der Waals surface area contributed by atoms with Crippen molar-refractivity contribution in [2.24, 2.45) is 7.05 Å². The molecule has 0 aromatic carbocycles. The molecule has 1 N–H and O–H groups in total. The molecule has 0 saturated heterocycles. The van der Waals surface area contributed by atoms with Gasteiger partial charge in [0.2, 0.25) is 0 Å². The number of nitrogens with zero attached hydrogens (tertiary/aromatic N) is 4. The molecule has 0 aliphatic heterocycles. The highest BCUT2D eigenvalue weighted by Gasteiger charge is 2.11. The molecule has 0 atom stereocenters. The topological polar surface area (TPSA) is 47.7 Å². The maximum absolute atomic E-state index is 4.47. The fourth-order valence-electron chi connectivity index (χ4n) is 1.84. The van der Waals surface area contributed by atoms with Gasteiger partial charge in [-0.2, -0.15) is 10.2 Å². The zero-order valence-electron chi connectivity index (χ0n) is 10.7. The lowest BCUT2D eigenvalue weighted by atomic mass is 10.3. The number of nitrogens with one attached hydrogen (secondary N) is 1. The molecule has 98 valence electrons. The summed E-state index contributed by atoms with van der Waals surface area (Å²) in [4.78, 5) is 0. The van der Waals surface area contributed by atoms with Crippen LogP contribution in [0.15, 0.2) is 22.9 Å². The van der Waals surface area contributed by atoms with Crippen LogP contribution < -0.4 is 5.32 Å². The summed E-state index contributed by atoms with van der Waals surface area (Å²) in [6.45, 7) is 4.69. The lowest BCUT2D eigenvalue weighted by molar-refractivity contribution is 0.541. The first-order valence-corrected chi connectivity index (χ1v) is 6.90. The predicted molar refractivity (Wildman–Crippen MR) is 74.2 cm³/mol. The van der Waals surface area contributed by atoms with Crippen molar-refractivity contribution in [3.8, 4) is 0 Å². The monoisotopic (exact) mass is 311 g/mol. The Morgan fingerprint density at radius 2 is 2.28 bits per heavy atom. The normalized spacial score (nSPS) is 11.1. The van der Waals surface area contributed by atoms with E-state index in [1.165, 1.54) is 5.69 Å². The van der Waals surface area contributed by atoms with E-state index < -0.39 is 0 Å². The number of rotatable bonds is 6. The average molecular weight is 312 g/mol. The molecule has 5 nitrogen and oxygen atoms in total. The first kappa shape index (κ1) is 13.3. The second-order valence-corrected chi connectivity index (χ2v) is 4.92. The van der Waals surface area contributed by atoms with Gasteiger partial charge < -0.3 is 5.32 Å². The van der Waals surface area contributed by atoms with Gasteiger partial charge in [0.25, 0.3) is 0 Å². The van der Waals surface area contributed by atoms with Gasteiger partial charge in [0, 0.05) is 32.5 Å². The van der Waals surface area contributed by atoms with Crippen molar-refractivity contribution >= 4 is 15.9 Å². The quantitative estimate of drug-likeness (QED) is 0.827. The van der Waals surface area contributed by atoms with E-state index in [1.807, 2.05) is 28.7 Å². The highest BCUT2D eigenvalue weighted by Crippen LogP contribution is 2.21. The van der Waals surface area contributed by atoms with Crippen molar-refractivity contribution in [1.29, 1.82) is 0 Å². The van der Waals surface area contributed by atoms with Crippen molar-refractivity contribution in [3.63, 3.8) is 0 Å². The third-order valence-electron chi connectivity index (χ3n) is 2.87. The molecule has 0 aliphatic carbocycles. The zero-order chi connectivity index (χ0) is 13.0. The molecule has 0 bridgehead atoms. The molecular weight excluding hydrogens is 294 g/mol. The minimum absolute atomic E-state index is 0.811. The molecule has 18 heavy (non-hydrogen) atoms. The standard InChI is InChI=1S/C12H18BrN5/c1-3-10-12(13)11(17(2)16-10)9-14-6-8-18-7-4-5-15-18/h4-5,7,14H,3,6,8-9H2,1-2H3. The zero-order valence-corrected chi connectivity index (χ0v) is 12.3. The molecule has 0 spiro atoms.